The van der Waals surface area contributed by atoms with Crippen LogP contribution in [0.3, 0.4) is 0 Å². The number of hydrogen-bond acceptors (Lipinski definition) is 2. The van der Waals surface area contributed by atoms with Crippen LogP contribution in [0, 0.1) is 0 Å². The average Bonchev–Trinajstić information content (AvgIpc) is 2.39. The fraction of sp³-hybridized carbons (Fsp3) is 0.333. The second-order valence-electron chi connectivity index (χ2n) is 4.15. The Bertz CT molecular complexity index is 447. The summed E-state index contributed by atoms with van der Waals surface area (Å²) in [6.07, 6.45) is 2.41. The second-order valence-corrected chi connectivity index (χ2v) is 4.15. The van der Waals surface area contributed by atoms with E-state index in [0.717, 1.165) is 35.5 Å². The molecule has 0 aromatic heterocycles. The van der Waals surface area contributed by atoms with E-state index in [1.54, 1.807) is 0 Å². The molecule has 1 aromatic carbocycles. The van der Waals surface area contributed by atoms with Gasteiger partial charge in [-0.05, 0) is 31.4 Å². The number of carbonyl (C=O) groups excluding carboxylic acids is 1. The fourth-order valence-corrected chi connectivity index (χ4v) is 1.65. The molecule has 0 heterocycles. The number of aliphatic imine (C=N–C) groups is 1. The minimum Gasteiger partial charge on any atom is -0.317 e. The molecule has 0 saturated heterocycles. The van der Waals surface area contributed by atoms with Crippen molar-refractivity contribution in [1.29, 1.82) is 0 Å². The largest absolute Gasteiger partial charge is 0.317 e. The van der Waals surface area contributed by atoms with Crippen LogP contribution < -0.4 is 5.32 Å². The van der Waals surface area contributed by atoms with E-state index in [1.807, 2.05) is 32.0 Å². The molecule has 0 unspecified atom stereocenters. The van der Waals surface area contributed by atoms with Gasteiger partial charge in [0.2, 0.25) is 6.41 Å². The van der Waals surface area contributed by atoms with Crippen molar-refractivity contribution < 1.29 is 4.79 Å². The number of hydrogen-bond donors (Lipinski definition) is 1. The van der Waals surface area contributed by atoms with E-state index in [0.29, 0.717) is 6.41 Å². The Labute approximate surface area is 109 Å². The van der Waals surface area contributed by atoms with Gasteiger partial charge in [0.15, 0.2) is 0 Å². The van der Waals surface area contributed by atoms with Crippen LogP contribution in [0.4, 0.5) is 0 Å². The van der Waals surface area contributed by atoms with Gasteiger partial charge in [0, 0.05) is 12.1 Å². The van der Waals surface area contributed by atoms with Gasteiger partial charge in [0.05, 0.1) is 0 Å². The van der Waals surface area contributed by atoms with Crippen LogP contribution in [0.2, 0.25) is 0 Å². The lowest BCUT2D eigenvalue weighted by Crippen LogP contribution is -2.21. The average molecular weight is 244 g/mol. The third kappa shape index (κ3) is 4.17. The Morgan fingerprint density at radius 3 is 2.50 bits per heavy atom. The Balaban J connectivity index is 2.99. The van der Waals surface area contributed by atoms with Crippen molar-refractivity contribution in [3.8, 4) is 0 Å². The lowest BCUT2D eigenvalue weighted by Gasteiger charge is -2.07. The maximum absolute atomic E-state index is 10.5. The highest BCUT2D eigenvalue weighted by Gasteiger charge is 2.01. The highest BCUT2D eigenvalue weighted by molar-refractivity contribution is 5.91. The number of nitrogens with zero attached hydrogens (tertiary/aromatic N) is 1. The van der Waals surface area contributed by atoms with Crippen molar-refractivity contribution >= 4 is 17.8 Å². The zero-order valence-electron chi connectivity index (χ0n) is 11.2. The van der Waals surface area contributed by atoms with Crippen LogP contribution in [0.5, 0.6) is 0 Å². The predicted molar refractivity (Wildman–Crippen MR) is 76.3 cm³/mol. The fourth-order valence-electron chi connectivity index (χ4n) is 1.65. The lowest BCUT2D eigenvalue weighted by atomic mass is 10.1. The van der Waals surface area contributed by atoms with Gasteiger partial charge in [-0.15, -0.1) is 0 Å². The summed E-state index contributed by atoms with van der Waals surface area (Å²) in [5, 5.41) is 2.66. The number of amides is 1. The summed E-state index contributed by atoms with van der Waals surface area (Å²) in [7, 11) is 0. The smallest absolute Gasteiger partial charge is 0.212 e. The molecule has 18 heavy (non-hydrogen) atoms. The van der Waals surface area contributed by atoms with Gasteiger partial charge >= 0.3 is 0 Å². The third-order valence-electron chi connectivity index (χ3n) is 2.76. The number of benzene rings is 1. The minimum atomic E-state index is 0.680. The summed E-state index contributed by atoms with van der Waals surface area (Å²) >= 11 is 0. The molecule has 0 aliphatic heterocycles. The number of amidine groups is 1. The van der Waals surface area contributed by atoms with Crippen molar-refractivity contribution in [3.05, 3.63) is 41.6 Å². The first kappa shape index (κ1) is 14.2. The van der Waals surface area contributed by atoms with E-state index in [4.69, 9.17) is 0 Å². The van der Waals surface area contributed by atoms with Gasteiger partial charge < -0.3 is 5.32 Å². The zero-order chi connectivity index (χ0) is 13.4. The number of nitrogens with one attached hydrogen (secondary N) is 1. The third-order valence-corrected chi connectivity index (χ3v) is 2.76. The standard InChI is InChI=1S/C15H20N2O/c1-4-8-15(16-11-18)17-13(3)12(2)14-9-6-5-7-10-14/h5-7,9-11H,4,8H2,1-3H3,(H,16,17,18)/b13-12+. The van der Waals surface area contributed by atoms with Crippen LogP contribution in [0.1, 0.15) is 39.2 Å². The van der Waals surface area contributed by atoms with Gasteiger partial charge in [0.1, 0.15) is 5.84 Å². The monoisotopic (exact) mass is 244 g/mol. The Morgan fingerprint density at radius 1 is 1.28 bits per heavy atom. The van der Waals surface area contributed by atoms with Crippen LogP contribution >= 0.6 is 0 Å². The predicted octanol–water partition coefficient (Wildman–Crippen LogP) is 3.38. The molecular weight excluding hydrogens is 224 g/mol. The summed E-state index contributed by atoms with van der Waals surface area (Å²) in [5.41, 5.74) is 3.21. The number of allylic oxidation sites excluding steroid dienone is 2. The molecule has 0 atom stereocenters. The highest BCUT2D eigenvalue weighted by atomic mass is 16.1. The van der Waals surface area contributed by atoms with Crippen molar-refractivity contribution in [3.63, 3.8) is 0 Å². The minimum absolute atomic E-state index is 0.680. The van der Waals surface area contributed by atoms with Crippen LogP contribution in [-0.2, 0) is 4.79 Å². The van der Waals surface area contributed by atoms with Gasteiger partial charge in [-0.1, -0.05) is 37.3 Å². The highest BCUT2D eigenvalue weighted by Crippen LogP contribution is 2.18. The topological polar surface area (TPSA) is 41.5 Å². The Morgan fingerprint density at radius 2 is 1.94 bits per heavy atom. The van der Waals surface area contributed by atoms with Crippen molar-refractivity contribution in [2.24, 2.45) is 4.99 Å². The van der Waals surface area contributed by atoms with Crippen molar-refractivity contribution in [1.82, 2.24) is 5.32 Å². The number of carbonyl (C=O) groups is 1. The summed E-state index contributed by atoms with van der Waals surface area (Å²) < 4.78 is 0. The molecule has 1 N–H and O–H groups in total. The van der Waals surface area contributed by atoms with E-state index in [9.17, 15) is 4.79 Å². The summed E-state index contributed by atoms with van der Waals surface area (Å²) in [4.78, 5) is 15.0. The molecule has 0 bridgehead atoms. The van der Waals surface area contributed by atoms with Crippen LogP contribution in [-0.4, -0.2) is 12.2 Å². The normalized spacial score (nSPS) is 12.9. The van der Waals surface area contributed by atoms with Crippen LogP contribution in [0.25, 0.3) is 5.57 Å². The molecule has 0 radical (unpaired) electrons. The van der Waals surface area contributed by atoms with E-state index in [2.05, 4.69) is 29.4 Å². The quantitative estimate of drug-likeness (QED) is 0.481. The summed E-state index contributed by atoms with van der Waals surface area (Å²) in [6, 6.07) is 10.1. The Kier molecular flexibility index (Phi) is 5.85. The van der Waals surface area contributed by atoms with Gasteiger partial charge in [-0.2, -0.15) is 0 Å². The molecule has 0 aliphatic carbocycles. The maximum Gasteiger partial charge on any atom is 0.212 e. The van der Waals surface area contributed by atoms with Gasteiger partial charge in [-0.3, -0.25) is 4.79 Å². The number of rotatable bonds is 5. The van der Waals surface area contributed by atoms with Crippen molar-refractivity contribution in [2.45, 2.75) is 33.6 Å². The first-order valence-electron chi connectivity index (χ1n) is 6.19. The molecule has 3 nitrogen and oxygen atoms in total. The van der Waals surface area contributed by atoms with E-state index in [1.165, 1.54) is 0 Å². The molecule has 96 valence electrons. The lowest BCUT2D eigenvalue weighted by molar-refractivity contribution is -0.108. The molecule has 0 spiro atoms. The van der Waals surface area contributed by atoms with E-state index < -0.39 is 0 Å². The molecule has 3 heteroatoms. The van der Waals surface area contributed by atoms with E-state index in [-0.39, 0.29) is 0 Å². The molecule has 0 aliphatic rings. The van der Waals surface area contributed by atoms with Gasteiger partial charge in [-0.25, -0.2) is 4.99 Å². The van der Waals surface area contributed by atoms with E-state index >= 15 is 0 Å². The summed E-state index contributed by atoms with van der Waals surface area (Å²) in [5.74, 6) is 0.722. The zero-order valence-corrected chi connectivity index (χ0v) is 11.2. The van der Waals surface area contributed by atoms with Crippen LogP contribution in [0.15, 0.2) is 41.0 Å². The summed E-state index contributed by atoms with van der Waals surface area (Å²) in [6.45, 7) is 6.06. The molecule has 1 amide bonds. The molecule has 0 saturated carbocycles. The maximum atomic E-state index is 10.5. The molecular formula is C15H20N2O. The first-order valence-corrected chi connectivity index (χ1v) is 6.19. The molecule has 1 aromatic rings. The molecule has 1 rings (SSSR count). The first-order chi connectivity index (χ1) is 8.69. The second kappa shape index (κ2) is 7.43. The molecule has 0 fully saturated rings. The van der Waals surface area contributed by atoms with Crippen molar-refractivity contribution in [2.75, 3.05) is 0 Å². The van der Waals surface area contributed by atoms with Gasteiger partial charge in [0.25, 0.3) is 0 Å². The SMILES string of the molecule is CCCC(=N/C(C)=C(\C)c1ccccc1)NC=O. The Hall–Kier alpha value is -1.90.